The van der Waals surface area contributed by atoms with Crippen molar-refractivity contribution in [1.29, 1.82) is 0 Å². The van der Waals surface area contributed by atoms with Gasteiger partial charge in [0.2, 0.25) is 5.91 Å². The van der Waals surface area contributed by atoms with E-state index < -0.39 is 30.4 Å². The van der Waals surface area contributed by atoms with E-state index in [1.807, 2.05) is 0 Å². The Hall–Kier alpha value is -2.32. The number of hydrogen-bond acceptors (Lipinski definition) is 4. The highest BCUT2D eigenvalue weighted by molar-refractivity contribution is 5.86. The molecular weight excluding hydrogens is 282 g/mol. The molecule has 1 atom stereocenters. The molecule has 0 spiro atoms. The van der Waals surface area contributed by atoms with E-state index in [0.29, 0.717) is 25.9 Å². The number of nitrogens with one attached hydrogen (secondary N) is 2. The molecule has 0 saturated carbocycles. The Morgan fingerprint density at radius 2 is 1.76 bits per heavy atom. The van der Waals surface area contributed by atoms with Gasteiger partial charge < -0.3 is 25.7 Å². The fraction of sp³-hybridized carbons (Fsp3) is 0.667. The van der Waals surface area contributed by atoms with Crippen LogP contribution in [0.1, 0.15) is 19.3 Å². The van der Waals surface area contributed by atoms with E-state index in [1.54, 1.807) is 7.05 Å². The molecule has 0 aromatic carbocycles. The minimum atomic E-state index is -1.47. The van der Waals surface area contributed by atoms with Crippen LogP contribution >= 0.6 is 0 Å². The minimum absolute atomic E-state index is 0.0793. The van der Waals surface area contributed by atoms with Crippen LogP contribution in [0.5, 0.6) is 0 Å². The second-order valence-electron chi connectivity index (χ2n) is 4.81. The summed E-state index contributed by atoms with van der Waals surface area (Å²) in [4.78, 5) is 46.2. The van der Waals surface area contributed by atoms with Crippen LogP contribution in [0.4, 0.5) is 4.79 Å². The van der Waals surface area contributed by atoms with Crippen LogP contribution in [0.15, 0.2) is 0 Å². The van der Waals surface area contributed by atoms with Gasteiger partial charge in [-0.15, -0.1) is 0 Å². The van der Waals surface area contributed by atoms with Crippen LogP contribution in [0.3, 0.4) is 0 Å². The molecule has 1 saturated heterocycles. The third kappa shape index (κ3) is 4.93. The number of rotatable bonds is 5. The molecule has 9 nitrogen and oxygen atoms in total. The van der Waals surface area contributed by atoms with Crippen molar-refractivity contribution >= 4 is 23.9 Å². The zero-order chi connectivity index (χ0) is 16.0. The van der Waals surface area contributed by atoms with Gasteiger partial charge in [0.25, 0.3) is 0 Å². The van der Waals surface area contributed by atoms with Crippen molar-refractivity contribution in [1.82, 2.24) is 15.5 Å². The van der Waals surface area contributed by atoms with Crippen molar-refractivity contribution in [2.45, 2.75) is 25.3 Å². The summed E-state index contributed by atoms with van der Waals surface area (Å²) in [6.07, 6.45) is 0.295. The Morgan fingerprint density at radius 3 is 2.19 bits per heavy atom. The first-order valence-electron chi connectivity index (χ1n) is 6.56. The number of piperidine rings is 1. The second-order valence-corrected chi connectivity index (χ2v) is 4.81. The standard InChI is InChI=1S/C12H19N3O6/c1-13-10(18)7-2-4-15(5-3-7)12(21)14-8(11(19)20)6-9(16)17/h7-8H,2-6H2,1H3,(H,13,18)(H,14,21)(H,16,17)(H,19,20)/t8-/m1/s1. The van der Waals surface area contributed by atoms with Crippen molar-refractivity contribution in [3.8, 4) is 0 Å². The van der Waals surface area contributed by atoms with Gasteiger partial charge >= 0.3 is 18.0 Å². The molecule has 0 aromatic rings. The lowest BCUT2D eigenvalue weighted by Crippen LogP contribution is -2.51. The number of nitrogens with zero attached hydrogens (tertiary/aromatic N) is 1. The topological polar surface area (TPSA) is 136 Å². The van der Waals surface area contributed by atoms with E-state index >= 15 is 0 Å². The number of amides is 3. The number of carboxylic acids is 2. The second kappa shape index (κ2) is 7.46. The van der Waals surface area contributed by atoms with E-state index in [2.05, 4.69) is 10.6 Å². The minimum Gasteiger partial charge on any atom is -0.481 e. The van der Waals surface area contributed by atoms with Gasteiger partial charge in [0.15, 0.2) is 0 Å². The molecule has 118 valence electrons. The van der Waals surface area contributed by atoms with Crippen molar-refractivity contribution < 1.29 is 29.4 Å². The molecule has 3 amide bonds. The lowest BCUT2D eigenvalue weighted by atomic mass is 9.96. The Kier molecular flexibility index (Phi) is 5.94. The number of likely N-dealkylation sites (tertiary alicyclic amines) is 1. The quantitative estimate of drug-likeness (QED) is 0.518. The van der Waals surface area contributed by atoms with Crippen molar-refractivity contribution in [2.24, 2.45) is 5.92 Å². The summed E-state index contributed by atoms with van der Waals surface area (Å²) >= 11 is 0. The Labute approximate surface area is 121 Å². The molecule has 0 radical (unpaired) electrons. The zero-order valence-electron chi connectivity index (χ0n) is 11.7. The summed E-state index contributed by atoms with van der Waals surface area (Å²) in [5.74, 6) is -2.94. The highest BCUT2D eigenvalue weighted by atomic mass is 16.4. The smallest absolute Gasteiger partial charge is 0.326 e. The fourth-order valence-electron chi connectivity index (χ4n) is 2.16. The van der Waals surface area contributed by atoms with E-state index in [4.69, 9.17) is 10.2 Å². The highest BCUT2D eigenvalue weighted by Crippen LogP contribution is 2.17. The summed E-state index contributed by atoms with van der Waals surface area (Å²) in [5, 5.41) is 22.2. The molecule has 1 aliphatic rings. The number of urea groups is 1. The van der Waals surface area contributed by atoms with Gasteiger partial charge in [-0.25, -0.2) is 9.59 Å². The third-order valence-electron chi connectivity index (χ3n) is 3.37. The number of carbonyl (C=O) groups excluding carboxylic acids is 2. The summed E-state index contributed by atoms with van der Waals surface area (Å²) in [7, 11) is 1.55. The van der Waals surface area contributed by atoms with Gasteiger partial charge in [-0.3, -0.25) is 9.59 Å². The predicted octanol–water partition coefficient (Wildman–Crippen LogP) is -0.918. The largest absolute Gasteiger partial charge is 0.481 e. The fourth-order valence-corrected chi connectivity index (χ4v) is 2.16. The van der Waals surface area contributed by atoms with Crippen molar-refractivity contribution in [3.63, 3.8) is 0 Å². The molecule has 21 heavy (non-hydrogen) atoms. The number of hydrogen-bond donors (Lipinski definition) is 4. The zero-order valence-corrected chi connectivity index (χ0v) is 11.7. The van der Waals surface area contributed by atoms with Crippen LogP contribution in [0.2, 0.25) is 0 Å². The third-order valence-corrected chi connectivity index (χ3v) is 3.37. The molecule has 4 N–H and O–H groups in total. The molecule has 0 unspecified atom stereocenters. The average Bonchev–Trinajstić information content (AvgIpc) is 2.45. The Balaban J connectivity index is 2.51. The van der Waals surface area contributed by atoms with Gasteiger partial charge in [-0.1, -0.05) is 0 Å². The summed E-state index contributed by atoms with van der Waals surface area (Å²) in [5.41, 5.74) is 0. The molecule has 9 heteroatoms. The van der Waals surface area contributed by atoms with Crippen LogP contribution < -0.4 is 10.6 Å². The molecule has 1 rings (SSSR count). The lowest BCUT2D eigenvalue weighted by molar-refractivity contribution is -0.145. The molecule has 0 bridgehead atoms. The van der Waals surface area contributed by atoms with E-state index in [0.717, 1.165) is 0 Å². The molecule has 0 aliphatic carbocycles. The number of carboxylic acid groups (broad SMARTS) is 2. The molecule has 1 aliphatic heterocycles. The van der Waals surface area contributed by atoms with Crippen LogP contribution in [-0.2, 0) is 14.4 Å². The Morgan fingerprint density at radius 1 is 1.19 bits per heavy atom. The van der Waals surface area contributed by atoms with E-state index in [9.17, 15) is 19.2 Å². The van der Waals surface area contributed by atoms with Gasteiger partial charge in [0, 0.05) is 26.1 Å². The van der Waals surface area contributed by atoms with E-state index in [-0.39, 0.29) is 11.8 Å². The van der Waals surface area contributed by atoms with Crippen molar-refractivity contribution in [3.05, 3.63) is 0 Å². The molecule has 1 fully saturated rings. The first-order chi connectivity index (χ1) is 9.85. The monoisotopic (exact) mass is 301 g/mol. The summed E-state index contributed by atoms with van der Waals surface area (Å²) in [6, 6.07) is -2.09. The number of aliphatic carboxylic acids is 2. The maximum atomic E-state index is 11.9. The summed E-state index contributed by atoms with van der Waals surface area (Å²) < 4.78 is 0. The highest BCUT2D eigenvalue weighted by Gasteiger charge is 2.29. The SMILES string of the molecule is CNC(=O)C1CCN(C(=O)N[C@H](CC(=O)O)C(=O)O)CC1. The maximum Gasteiger partial charge on any atom is 0.326 e. The average molecular weight is 301 g/mol. The first kappa shape index (κ1) is 16.7. The predicted molar refractivity (Wildman–Crippen MR) is 70.6 cm³/mol. The van der Waals surface area contributed by atoms with Gasteiger partial charge in [0.05, 0.1) is 6.42 Å². The van der Waals surface area contributed by atoms with Gasteiger partial charge in [-0.2, -0.15) is 0 Å². The normalized spacial score (nSPS) is 16.9. The lowest BCUT2D eigenvalue weighted by Gasteiger charge is -2.31. The molecular formula is C12H19N3O6. The molecule has 1 heterocycles. The number of carbonyl (C=O) groups is 4. The van der Waals surface area contributed by atoms with Gasteiger partial charge in [-0.05, 0) is 12.8 Å². The van der Waals surface area contributed by atoms with Crippen LogP contribution in [0.25, 0.3) is 0 Å². The first-order valence-corrected chi connectivity index (χ1v) is 6.56. The Bertz CT molecular complexity index is 431. The summed E-state index contributed by atoms with van der Waals surface area (Å²) in [6.45, 7) is 0.645. The van der Waals surface area contributed by atoms with Crippen molar-refractivity contribution in [2.75, 3.05) is 20.1 Å². The molecule has 0 aromatic heterocycles. The van der Waals surface area contributed by atoms with Gasteiger partial charge in [0.1, 0.15) is 6.04 Å². The maximum absolute atomic E-state index is 11.9. The van der Waals surface area contributed by atoms with E-state index in [1.165, 1.54) is 4.90 Å². The van der Waals surface area contributed by atoms with Crippen LogP contribution in [0, 0.1) is 5.92 Å². The van der Waals surface area contributed by atoms with Crippen LogP contribution in [-0.4, -0.2) is 65.2 Å².